The fraction of sp³-hybridized carbons (Fsp3) is 0.167. The van der Waals surface area contributed by atoms with Crippen LogP contribution in [0.4, 0.5) is 28.4 Å². The Morgan fingerprint density at radius 2 is 1.90 bits per heavy atom. The van der Waals surface area contributed by atoms with Crippen LogP contribution in [0.15, 0.2) is 11.4 Å². The number of ether oxygens (including phenoxy) is 1. The van der Waals surface area contributed by atoms with Gasteiger partial charge in [0.15, 0.2) is 28.4 Å². The molecule has 1 aromatic carbocycles. The lowest BCUT2D eigenvalue weighted by molar-refractivity contribution is -0.139. The zero-order chi connectivity index (χ0) is 15.6. The first-order valence-electron chi connectivity index (χ1n) is 5.53. The number of halogens is 4. The average molecular weight is 320 g/mol. The van der Waals surface area contributed by atoms with Gasteiger partial charge < -0.3 is 10.1 Å². The van der Waals surface area contributed by atoms with Gasteiger partial charge in [-0.05, 0) is 0 Å². The monoisotopic (exact) mass is 320 g/mol. The number of esters is 1. The Hall–Kier alpha value is -2.16. The summed E-state index contributed by atoms with van der Waals surface area (Å²) in [7, 11) is 1.20. The predicted molar refractivity (Wildman–Crippen MR) is 67.4 cm³/mol. The van der Waals surface area contributed by atoms with Crippen molar-refractivity contribution in [2.75, 3.05) is 12.4 Å². The van der Waals surface area contributed by atoms with Crippen LogP contribution in [0.25, 0.3) is 0 Å². The molecule has 4 nitrogen and oxygen atoms in total. The molecule has 2 rings (SSSR count). The molecule has 0 saturated heterocycles. The van der Waals surface area contributed by atoms with Crippen molar-refractivity contribution in [1.29, 1.82) is 0 Å². The molecule has 0 fully saturated rings. The summed E-state index contributed by atoms with van der Waals surface area (Å²) in [6.45, 7) is 0. The molecule has 0 spiro atoms. The van der Waals surface area contributed by atoms with E-state index in [0.717, 1.165) is 11.3 Å². The molecule has 21 heavy (non-hydrogen) atoms. The zero-order valence-electron chi connectivity index (χ0n) is 10.5. The Labute approximate surface area is 120 Å². The van der Waals surface area contributed by atoms with Crippen LogP contribution in [-0.2, 0) is 16.0 Å². The summed E-state index contributed by atoms with van der Waals surface area (Å²) in [5.41, 5.74) is -0.682. The summed E-state index contributed by atoms with van der Waals surface area (Å²) in [4.78, 5) is 14.9. The molecule has 0 aliphatic rings. The number of nitrogens with zero attached hydrogens (tertiary/aromatic N) is 1. The molecular weight excluding hydrogens is 312 g/mol. The number of carbonyl (C=O) groups excluding carboxylic acids is 1. The Bertz CT molecular complexity index is 664. The minimum atomic E-state index is -1.56. The third-order valence-electron chi connectivity index (χ3n) is 2.45. The predicted octanol–water partition coefficient (Wildman–Crippen LogP) is 3.16. The smallest absolute Gasteiger partial charge is 0.311 e. The number of anilines is 2. The van der Waals surface area contributed by atoms with Gasteiger partial charge in [-0.15, -0.1) is 11.3 Å². The summed E-state index contributed by atoms with van der Waals surface area (Å²) in [6, 6.07) is 0.111. The second-order valence-electron chi connectivity index (χ2n) is 3.87. The van der Waals surface area contributed by atoms with E-state index in [4.69, 9.17) is 0 Å². The molecule has 9 heteroatoms. The van der Waals surface area contributed by atoms with Crippen LogP contribution in [0.3, 0.4) is 0 Å². The van der Waals surface area contributed by atoms with E-state index in [1.165, 1.54) is 12.5 Å². The fourth-order valence-electron chi connectivity index (χ4n) is 1.46. The Morgan fingerprint density at radius 1 is 1.29 bits per heavy atom. The molecule has 0 atom stereocenters. The van der Waals surface area contributed by atoms with Crippen molar-refractivity contribution in [2.45, 2.75) is 6.42 Å². The van der Waals surface area contributed by atoms with Crippen molar-refractivity contribution < 1.29 is 27.1 Å². The minimum absolute atomic E-state index is 0.0169. The van der Waals surface area contributed by atoms with Gasteiger partial charge in [0.1, 0.15) is 5.69 Å². The largest absolute Gasteiger partial charge is 0.469 e. The molecule has 0 saturated carbocycles. The molecule has 0 radical (unpaired) electrons. The topological polar surface area (TPSA) is 51.2 Å². The Kier molecular flexibility index (Phi) is 4.41. The maximum absolute atomic E-state index is 13.5. The maximum Gasteiger partial charge on any atom is 0.311 e. The fourth-order valence-corrected chi connectivity index (χ4v) is 2.17. The van der Waals surface area contributed by atoms with Crippen molar-refractivity contribution in [3.63, 3.8) is 0 Å². The number of nitrogens with one attached hydrogen (secondary N) is 1. The first kappa shape index (κ1) is 15.2. The Balaban J connectivity index is 2.25. The lowest BCUT2D eigenvalue weighted by atomic mass is 10.2. The number of carbonyl (C=O) groups is 1. The number of methoxy groups -OCH3 is 1. The van der Waals surface area contributed by atoms with Crippen LogP contribution >= 0.6 is 11.3 Å². The number of hydrogen-bond donors (Lipinski definition) is 1. The number of benzene rings is 1. The van der Waals surface area contributed by atoms with Crippen molar-refractivity contribution in [3.8, 4) is 0 Å². The van der Waals surface area contributed by atoms with Gasteiger partial charge in [0.25, 0.3) is 0 Å². The van der Waals surface area contributed by atoms with Gasteiger partial charge in [0, 0.05) is 11.4 Å². The molecule has 112 valence electrons. The van der Waals surface area contributed by atoms with E-state index in [9.17, 15) is 22.4 Å². The third-order valence-corrected chi connectivity index (χ3v) is 3.26. The van der Waals surface area contributed by atoms with Crippen molar-refractivity contribution >= 4 is 28.1 Å². The number of thiazole rings is 1. The molecular formula is C12H8F4N2O2S. The minimum Gasteiger partial charge on any atom is -0.469 e. The quantitative estimate of drug-likeness (QED) is 0.534. The van der Waals surface area contributed by atoms with E-state index in [1.807, 2.05) is 0 Å². The van der Waals surface area contributed by atoms with Gasteiger partial charge >= 0.3 is 5.97 Å². The summed E-state index contributed by atoms with van der Waals surface area (Å²) < 4.78 is 57.4. The molecule has 0 aliphatic heterocycles. The summed E-state index contributed by atoms with van der Waals surface area (Å²) in [5, 5.41) is 3.59. The zero-order valence-corrected chi connectivity index (χ0v) is 11.4. The highest BCUT2D eigenvalue weighted by molar-refractivity contribution is 7.13. The highest BCUT2D eigenvalue weighted by atomic mass is 32.1. The van der Waals surface area contributed by atoms with E-state index < -0.39 is 34.9 Å². The molecule has 1 N–H and O–H groups in total. The standard InChI is InChI=1S/C12H8F4N2O2S/c1-20-8(19)2-5-4-21-12(17-5)18-11-9(15)6(13)3-7(14)10(11)16/h3-4H,2H2,1H3,(H,17,18). The molecule has 2 aromatic rings. The molecule has 1 aromatic heterocycles. The van der Waals surface area contributed by atoms with E-state index >= 15 is 0 Å². The van der Waals surface area contributed by atoms with Crippen LogP contribution < -0.4 is 5.32 Å². The van der Waals surface area contributed by atoms with E-state index in [0.29, 0.717) is 5.69 Å². The molecule has 0 aliphatic carbocycles. The maximum atomic E-state index is 13.5. The molecule has 0 amide bonds. The van der Waals surface area contributed by atoms with Gasteiger partial charge in [-0.3, -0.25) is 4.79 Å². The summed E-state index contributed by atoms with van der Waals surface area (Å²) in [6.07, 6.45) is -0.128. The van der Waals surface area contributed by atoms with Crippen LogP contribution in [0.5, 0.6) is 0 Å². The number of aromatic nitrogens is 1. The van der Waals surface area contributed by atoms with E-state index in [-0.39, 0.29) is 17.6 Å². The van der Waals surface area contributed by atoms with Gasteiger partial charge in [-0.2, -0.15) is 0 Å². The van der Waals surface area contributed by atoms with Gasteiger partial charge in [-0.1, -0.05) is 0 Å². The van der Waals surface area contributed by atoms with Crippen LogP contribution in [0.2, 0.25) is 0 Å². The second-order valence-corrected chi connectivity index (χ2v) is 4.72. The lowest BCUT2D eigenvalue weighted by Gasteiger charge is -2.07. The van der Waals surface area contributed by atoms with Crippen LogP contribution in [-0.4, -0.2) is 18.1 Å². The first-order chi connectivity index (χ1) is 9.92. The van der Waals surface area contributed by atoms with Crippen molar-refractivity contribution in [1.82, 2.24) is 4.98 Å². The van der Waals surface area contributed by atoms with E-state index in [2.05, 4.69) is 15.0 Å². The average Bonchev–Trinajstić information content (AvgIpc) is 2.88. The van der Waals surface area contributed by atoms with Gasteiger partial charge in [-0.25, -0.2) is 22.5 Å². The number of rotatable bonds is 4. The molecule has 0 unspecified atom stereocenters. The summed E-state index contributed by atoms with van der Waals surface area (Å²) in [5.74, 6) is -6.70. The van der Waals surface area contributed by atoms with Crippen LogP contribution in [0, 0.1) is 23.3 Å². The Morgan fingerprint density at radius 3 is 2.48 bits per heavy atom. The van der Waals surface area contributed by atoms with Gasteiger partial charge in [0.2, 0.25) is 0 Å². The van der Waals surface area contributed by atoms with Crippen molar-refractivity contribution in [3.05, 3.63) is 40.4 Å². The first-order valence-corrected chi connectivity index (χ1v) is 6.41. The SMILES string of the molecule is COC(=O)Cc1csc(Nc2c(F)c(F)cc(F)c2F)n1. The highest BCUT2D eigenvalue weighted by Crippen LogP contribution is 2.28. The third kappa shape index (κ3) is 3.30. The van der Waals surface area contributed by atoms with Gasteiger partial charge in [0.05, 0.1) is 19.2 Å². The highest BCUT2D eigenvalue weighted by Gasteiger charge is 2.20. The number of hydrogen-bond acceptors (Lipinski definition) is 5. The van der Waals surface area contributed by atoms with Crippen LogP contribution in [0.1, 0.15) is 5.69 Å². The normalized spacial score (nSPS) is 10.5. The molecule has 0 bridgehead atoms. The summed E-state index contributed by atoms with van der Waals surface area (Å²) >= 11 is 0.918. The second kappa shape index (κ2) is 6.08. The van der Waals surface area contributed by atoms with E-state index in [1.54, 1.807) is 0 Å². The lowest BCUT2D eigenvalue weighted by Crippen LogP contribution is -2.05. The molecule has 1 heterocycles. The van der Waals surface area contributed by atoms with Crippen molar-refractivity contribution in [2.24, 2.45) is 0 Å².